The predicted octanol–water partition coefficient (Wildman–Crippen LogP) is 0.230. The van der Waals surface area contributed by atoms with Crippen LogP contribution in [0.15, 0.2) is 42.7 Å². The highest BCUT2D eigenvalue weighted by molar-refractivity contribution is 6.00. The number of aliphatic hydroxyl groups is 1. The molecule has 2 atom stereocenters. The summed E-state index contributed by atoms with van der Waals surface area (Å²) < 4.78 is 10.7. The van der Waals surface area contributed by atoms with E-state index in [1.807, 2.05) is 6.07 Å². The number of rotatable bonds is 5. The number of amides is 2. The number of H-pyrrole nitrogens is 1. The van der Waals surface area contributed by atoms with Crippen molar-refractivity contribution < 1.29 is 24.2 Å². The Kier molecular flexibility index (Phi) is 5.60. The highest BCUT2D eigenvalue weighted by Gasteiger charge is 2.48. The van der Waals surface area contributed by atoms with E-state index in [2.05, 4.69) is 37.7 Å². The van der Waals surface area contributed by atoms with E-state index < -0.39 is 17.8 Å². The van der Waals surface area contributed by atoms with E-state index in [1.165, 1.54) is 25.4 Å². The Labute approximate surface area is 200 Å². The normalized spacial score (nSPS) is 20.8. The van der Waals surface area contributed by atoms with Crippen LogP contribution < -0.4 is 20.1 Å². The number of benzene rings is 2. The van der Waals surface area contributed by atoms with Crippen LogP contribution in [0.2, 0.25) is 0 Å². The van der Waals surface area contributed by atoms with Crippen molar-refractivity contribution in [2.45, 2.75) is 18.4 Å². The number of aliphatic hydroxyl groups excluding tert-OH is 1. The van der Waals surface area contributed by atoms with Crippen molar-refractivity contribution in [2.75, 3.05) is 20.8 Å². The van der Waals surface area contributed by atoms with Crippen molar-refractivity contribution >= 4 is 11.8 Å². The van der Waals surface area contributed by atoms with Crippen LogP contribution in [-0.4, -0.2) is 69.7 Å². The number of hydrogen-bond donors (Lipinski definition) is 4. The molecule has 11 heteroatoms. The largest absolute Gasteiger partial charge is 0.497 e. The number of ether oxygens (including phenoxy) is 2. The topological polar surface area (TPSA) is 142 Å². The first kappa shape index (κ1) is 22.4. The van der Waals surface area contributed by atoms with Crippen LogP contribution in [0.1, 0.15) is 21.5 Å². The van der Waals surface area contributed by atoms with Crippen LogP contribution in [0, 0.1) is 11.8 Å². The third-order valence-electron chi connectivity index (χ3n) is 5.96. The summed E-state index contributed by atoms with van der Waals surface area (Å²) in [7, 11) is 3.04. The van der Waals surface area contributed by atoms with Gasteiger partial charge in [-0.1, -0.05) is 17.9 Å². The van der Waals surface area contributed by atoms with Gasteiger partial charge in [0, 0.05) is 17.7 Å². The van der Waals surface area contributed by atoms with Crippen molar-refractivity contribution in [3.05, 3.63) is 59.4 Å². The smallest absolute Gasteiger partial charge is 0.257 e. The minimum atomic E-state index is -1.53. The van der Waals surface area contributed by atoms with Gasteiger partial charge in [-0.3, -0.25) is 14.7 Å². The molecule has 3 heterocycles. The number of hydrogen-bond acceptors (Lipinski definition) is 8. The van der Waals surface area contributed by atoms with Gasteiger partial charge in [-0.25, -0.2) is 10.3 Å². The van der Waals surface area contributed by atoms with Gasteiger partial charge in [0.1, 0.15) is 17.8 Å². The fourth-order valence-electron chi connectivity index (χ4n) is 4.17. The third kappa shape index (κ3) is 4.05. The van der Waals surface area contributed by atoms with Crippen molar-refractivity contribution in [3.8, 4) is 34.7 Å². The molecule has 0 bridgehead atoms. The molecule has 35 heavy (non-hydrogen) atoms. The van der Waals surface area contributed by atoms with Gasteiger partial charge in [0.15, 0.2) is 17.7 Å². The Morgan fingerprint density at radius 2 is 2.06 bits per heavy atom. The first-order chi connectivity index (χ1) is 16.9. The maximum atomic E-state index is 13.1. The molecule has 0 radical (unpaired) electrons. The summed E-state index contributed by atoms with van der Waals surface area (Å²) in [6.07, 6.45) is 0.107. The van der Waals surface area contributed by atoms with E-state index in [4.69, 9.17) is 9.47 Å². The summed E-state index contributed by atoms with van der Waals surface area (Å²) in [5.74, 6) is 6.77. The molecule has 1 saturated heterocycles. The minimum absolute atomic E-state index is 0.0722. The maximum absolute atomic E-state index is 13.1. The highest BCUT2D eigenvalue weighted by atomic mass is 16.5. The van der Waals surface area contributed by atoms with Crippen molar-refractivity contribution in [3.63, 3.8) is 0 Å². The molecule has 2 aliphatic heterocycles. The Bertz CT molecular complexity index is 1360. The molecule has 2 aromatic carbocycles. The summed E-state index contributed by atoms with van der Waals surface area (Å²) in [6, 6.07) is 10.6. The van der Waals surface area contributed by atoms with E-state index in [0.29, 0.717) is 35.0 Å². The van der Waals surface area contributed by atoms with Crippen LogP contribution in [0.25, 0.3) is 11.4 Å². The molecule has 4 N–H and O–H groups in total. The summed E-state index contributed by atoms with van der Waals surface area (Å²) >= 11 is 0. The monoisotopic (exact) mass is 474 g/mol. The van der Waals surface area contributed by atoms with Gasteiger partial charge in [0.05, 0.1) is 26.3 Å². The summed E-state index contributed by atoms with van der Waals surface area (Å²) in [5.41, 5.74) is 1.07. The molecular formula is C24H22N6O5. The Hall–Kier alpha value is -4.40. The summed E-state index contributed by atoms with van der Waals surface area (Å²) in [5, 5.41) is 21.9. The quantitative estimate of drug-likeness (QED) is 0.385. The number of nitrogens with one attached hydrogen (secondary N) is 3. The van der Waals surface area contributed by atoms with E-state index >= 15 is 0 Å². The van der Waals surface area contributed by atoms with Crippen molar-refractivity contribution in [1.82, 2.24) is 30.7 Å². The SMILES string of the molecule is COc1ccc2c(c1)C(=O)N(C[C@@]1(C#Cc3ccc(-c4ncn[nH]4)cc3OC)NC(O)NC1=O)C2. The standard InChI is InChI=1S/C24H22N6O5/c1-34-17-6-5-16-11-30(21(31)18(16)10-17)12-24(22(32)27-23(33)28-24)8-7-14-3-4-15(9-19(14)35-2)20-25-13-26-29-20/h3-6,9-10,13,23,28,33H,11-12H2,1-2H3,(H,27,32)(H,25,26,29)/t23?,24-/m1/s1. The third-order valence-corrected chi connectivity index (χ3v) is 5.96. The van der Waals surface area contributed by atoms with Crippen LogP contribution in [0.4, 0.5) is 0 Å². The lowest BCUT2D eigenvalue weighted by Gasteiger charge is -2.26. The minimum Gasteiger partial charge on any atom is -0.497 e. The number of carbonyl (C=O) groups is 2. The average Bonchev–Trinajstić information content (AvgIpc) is 3.57. The molecule has 0 saturated carbocycles. The fourth-order valence-corrected chi connectivity index (χ4v) is 4.17. The second kappa shape index (κ2) is 8.75. The van der Waals surface area contributed by atoms with Crippen LogP contribution in [-0.2, 0) is 11.3 Å². The second-order valence-corrected chi connectivity index (χ2v) is 8.11. The van der Waals surface area contributed by atoms with Crippen LogP contribution >= 0.6 is 0 Å². The predicted molar refractivity (Wildman–Crippen MR) is 123 cm³/mol. The molecule has 0 spiro atoms. The Morgan fingerprint density at radius 1 is 1.20 bits per heavy atom. The van der Waals surface area contributed by atoms with Crippen LogP contribution in [0.3, 0.4) is 0 Å². The number of nitrogens with zero attached hydrogens (tertiary/aromatic N) is 3. The molecule has 2 aliphatic rings. The summed E-state index contributed by atoms with van der Waals surface area (Å²) in [4.78, 5) is 31.6. The van der Waals surface area contributed by atoms with Gasteiger partial charge >= 0.3 is 0 Å². The fraction of sp³-hybridized carbons (Fsp3) is 0.250. The highest BCUT2D eigenvalue weighted by Crippen LogP contribution is 2.29. The first-order valence-electron chi connectivity index (χ1n) is 10.7. The van der Waals surface area contributed by atoms with Gasteiger partial charge in [0.25, 0.3) is 11.8 Å². The molecule has 2 amide bonds. The average molecular weight is 474 g/mol. The Balaban J connectivity index is 1.46. The van der Waals surface area contributed by atoms with Crippen LogP contribution in [0.5, 0.6) is 11.5 Å². The zero-order valence-electron chi connectivity index (χ0n) is 19.0. The lowest BCUT2D eigenvalue weighted by atomic mass is 9.98. The van der Waals surface area contributed by atoms with E-state index in [0.717, 1.165) is 11.1 Å². The molecule has 178 valence electrons. The maximum Gasteiger partial charge on any atom is 0.257 e. The molecular weight excluding hydrogens is 452 g/mol. The lowest BCUT2D eigenvalue weighted by molar-refractivity contribution is -0.123. The van der Waals surface area contributed by atoms with E-state index in [-0.39, 0.29) is 12.5 Å². The van der Waals surface area contributed by atoms with Gasteiger partial charge in [-0.2, -0.15) is 5.10 Å². The Morgan fingerprint density at radius 3 is 2.74 bits per heavy atom. The number of aromatic amines is 1. The molecule has 1 aromatic heterocycles. The molecule has 0 aliphatic carbocycles. The van der Waals surface area contributed by atoms with E-state index in [9.17, 15) is 14.7 Å². The molecule has 1 unspecified atom stereocenters. The van der Waals surface area contributed by atoms with Gasteiger partial charge < -0.3 is 24.8 Å². The van der Waals surface area contributed by atoms with Crippen molar-refractivity contribution in [2.24, 2.45) is 0 Å². The molecule has 5 rings (SSSR count). The number of aromatic nitrogens is 3. The number of fused-ring (bicyclic) bond motifs is 1. The lowest BCUT2D eigenvalue weighted by Crippen LogP contribution is -2.54. The molecule has 11 nitrogen and oxygen atoms in total. The van der Waals surface area contributed by atoms with Gasteiger partial charge in [-0.15, -0.1) is 0 Å². The second-order valence-electron chi connectivity index (χ2n) is 8.11. The molecule has 1 fully saturated rings. The zero-order valence-corrected chi connectivity index (χ0v) is 19.0. The van der Waals surface area contributed by atoms with Gasteiger partial charge in [0.2, 0.25) is 0 Å². The van der Waals surface area contributed by atoms with E-state index in [1.54, 1.807) is 30.3 Å². The zero-order chi connectivity index (χ0) is 24.6. The molecule has 3 aromatic rings. The first-order valence-corrected chi connectivity index (χ1v) is 10.7. The van der Waals surface area contributed by atoms with Crippen molar-refractivity contribution in [1.29, 1.82) is 0 Å². The summed E-state index contributed by atoms with van der Waals surface area (Å²) in [6.45, 7) is 0.235. The number of carbonyl (C=O) groups excluding carboxylic acids is 2. The van der Waals surface area contributed by atoms with Gasteiger partial charge in [-0.05, 0) is 35.9 Å². The number of methoxy groups -OCH3 is 2.